The number of rotatable bonds is 3. The lowest BCUT2D eigenvalue weighted by atomic mass is 10.3. The zero-order valence-electron chi connectivity index (χ0n) is 11.2. The molecule has 0 bridgehead atoms. The van der Waals surface area contributed by atoms with E-state index < -0.39 is 0 Å². The maximum Gasteiger partial charge on any atom is 0.185 e. The van der Waals surface area contributed by atoms with Gasteiger partial charge in [0.2, 0.25) is 0 Å². The molecule has 106 valence electrons. The van der Waals surface area contributed by atoms with Crippen molar-refractivity contribution in [2.75, 3.05) is 0 Å². The Balaban J connectivity index is 0.000000194. The smallest absolute Gasteiger partial charge is 0.185 e. The Hall–Kier alpha value is -3.01. The highest BCUT2D eigenvalue weighted by atomic mass is 16.5. The maximum atomic E-state index is 9.77. The third-order valence-electron chi connectivity index (χ3n) is 2.50. The Morgan fingerprint density at radius 1 is 0.905 bits per heavy atom. The topological polar surface area (TPSA) is 59.7 Å². The van der Waals surface area contributed by atoms with Gasteiger partial charge >= 0.3 is 0 Å². The van der Waals surface area contributed by atoms with Crippen LogP contribution in [0.5, 0.6) is 17.2 Å². The van der Waals surface area contributed by atoms with Crippen molar-refractivity contribution in [3.8, 4) is 17.2 Å². The van der Waals surface area contributed by atoms with Gasteiger partial charge in [0.1, 0.15) is 5.75 Å². The lowest BCUT2D eigenvalue weighted by Gasteiger charge is -2.06. The normalized spacial score (nSPS) is 9.33. The van der Waals surface area contributed by atoms with Crippen molar-refractivity contribution < 1.29 is 19.1 Å². The van der Waals surface area contributed by atoms with Crippen molar-refractivity contribution in [2.45, 2.75) is 0 Å². The molecule has 4 heteroatoms. The Bertz CT molecular complexity index is 660. The molecule has 0 saturated carbocycles. The molecule has 2 aromatic carbocycles. The van der Waals surface area contributed by atoms with Gasteiger partial charge in [-0.2, -0.15) is 0 Å². The predicted molar refractivity (Wildman–Crippen MR) is 78.7 cm³/mol. The van der Waals surface area contributed by atoms with E-state index in [-0.39, 0.29) is 5.75 Å². The second-order valence-electron chi connectivity index (χ2n) is 4.02. The van der Waals surface area contributed by atoms with E-state index in [2.05, 4.69) is 4.42 Å². The molecule has 21 heavy (non-hydrogen) atoms. The molecule has 0 aliphatic carbocycles. The molecule has 1 N–H and O–H groups in total. The SMILES string of the molecule is O=Cc1ccco1.Oc1ccccc1Oc1ccccc1. The summed E-state index contributed by atoms with van der Waals surface area (Å²) in [6.45, 7) is 0. The van der Waals surface area contributed by atoms with Crippen LogP contribution < -0.4 is 4.74 Å². The number of aldehydes is 1. The largest absolute Gasteiger partial charge is 0.504 e. The average molecular weight is 282 g/mol. The van der Waals surface area contributed by atoms with Gasteiger partial charge in [0.15, 0.2) is 23.5 Å². The maximum absolute atomic E-state index is 9.77. The number of carbonyl (C=O) groups is 1. The lowest BCUT2D eigenvalue weighted by molar-refractivity contribution is 0.110. The molecule has 0 aliphatic rings. The Labute approximate surface area is 122 Å². The first-order valence-corrected chi connectivity index (χ1v) is 6.29. The van der Waals surface area contributed by atoms with E-state index in [1.807, 2.05) is 36.4 Å². The zero-order chi connectivity index (χ0) is 14.9. The highest BCUT2D eigenvalue weighted by molar-refractivity contribution is 5.69. The number of benzene rings is 2. The zero-order valence-corrected chi connectivity index (χ0v) is 11.2. The van der Waals surface area contributed by atoms with Crippen LogP contribution in [0.2, 0.25) is 0 Å². The predicted octanol–water partition coefficient (Wildman–Crippen LogP) is 4.28. The molecular formula is C17H14O4. The first-order valence-electron chi connectivity index (χ1n) is 6.29. The van der Waals surface area contributed by atoms with E-state index in [9.17, 15) is 9.90 Å². The first kappa shape index (κ1) is 14.4. The number of para-hydroxylation sites is 3. The van der Waals surface area contributed by atoms with Crippen LogP contribution in [0.3, 0.4) is 0 Å². The van der Waals surface area contributed by atoms with Gasteiger partial charge in [-0.25, -0.2) is 0 Å². The van der Waals surface area contributed by atoms with Gasteiger partial charge < -0.3 is 14.3 Å². The van der Waals surface area contributed by atoms with Crippen LogP contribution in [-0.4, -0.2) is 11.4 Å². The molecule has 3 rings (SSSR count). The van der Waals surface area contributed by atoms with E-state index in [4.69, 9.17) is 4.74 Å². The van der Waals surface area contributed by atoms with Crippen molar-refractivity contribution in [1.82, 2.24) is 0 Å². The van der Waals surface area contributed by atoms with Crippen LogP contribution in [0.25, 0.3) is 0 Å². The molecule has 1 heterocycles. The van der Waals surface area contributed by atoms with E-state index in [0.717, 1.165) is 0 Å². The van der Waals surface area contributed by atoms with Gasteiger partial charge in [-0.15, -0.1) is 0 Å². The second-order valence-corrected chi connectivity index (χ2v) is 4.02. The summed E-state index contributed by atoms with van der Waals surface area (Å²) in [4.78, 5) is 9.77. The van der Waals surface area contributed by atoms with Crippen molar-refractivity contribution in [3.05, 3.63) is 78.8 Å². The summed E-state index contributed by atoms with van der Waals surface area (Å²) in [6, 6.07) is 19.5. The van der Waals surface area contributed by atoms with Crippen LogP contribution in [0.4, 0.5) is 0 Å². The molecule has 4 nitrogen and oxygen atoms in total. The minimum absolute atomic E-state index is 0.149. The van der Waals surface area contributed by atoms with Crippen LogP contribution >= 0.6 is 0 Å². The van der Waals surface area contributed by atoms with Gasteiger partial charge in [-0.1, -0.05) is 30.3 Å². The highest BCUT2D eigenvalue weighted by Crippen LogP contribution is 2.29. The fraction of sp³-hybridized carbons (Fsp3) is 0. The number of furan rings is 1. The average Bonchev–Trinajstić information content (AvgIpc) is 3.05. The molecule has 0 atom stereocenters. The molecule has 0 aliphatic heterocycles. The van der Waals surface area contributed by atoms with Crippen molar-refractivity contribution in [2.24, 2.45) is 0 Å². The molecule has 0 unspecified atom stereocenters. The van der Waals surface area contributed by atoms with Crippen LogP contribution in [-0.2, 0) is 0 Å². The fourth-order valence-electron chi connectivity index (χ4n) is 1.52. The number of hydrogen-bond donors (Lipinski definition) is 1. The quantitative estimate of drug-likeness (QED) is 0.728. The second kappa shape index (κ2) is 7.55. The summed E-state index contributed by atoms with van der Waals surface area (Å²) in [6.07, 6.45) is 2.13. The Morgan fingerprint density at radius 3 is 2.19 bits per heavy atom. The number of hydrogen-bond acceptors (Lipinski definition) is 4. The van der Waals surface area contributed by atoms with Crippen LogP contribution in [0.15, 0.2) is 77.4 Å². The Kier molecular flexibility index (Phi) is 5.18. The van der Waals surface area contributed by atoms with E-state index in [0.29, 0.717) is 23.5 Å². The number of carbonyl (C=O) groups excluding carboxylic acids is 1. The number of ether oxygens (including phenoxy) is 1. The molecule has 0 amide bonds. The summed E-state index contributed by atoms with van der Waals surface area (Å²) in [5, 5.41) is 9.45. The van der Waals surface area contributed by atoms with Crippen molar-refractivity contribution in [1.29, 1.82) is 0 Å². The number of aromatic hydroxyl groups is 1. The summed E-state index contributed by atoms with van der Waals surface area (Å²) >= 11 is 0. The minimum Gasteiger partial charge on any atom is -0.504 e. The first-order chi connectivity index (χ1) is 10.3. The van der Waals surface area contributed by atoms with Gasteiger partial charge in [0.25, 0.3) is 0 Å². The van der Waals surface area contributed by atoms with Crippen LogP contribution in [0, 0.1) is 0 Å². The molecule has 1 aromatic heterocycles. The molecule has 0 spiro atoms. The summed E-state index contributed by atoms with van der Waals surface area (Å²) in [5.74, 6) is 1.71. The minimum atomic E-state index is 0.149. The van der Waals surface area contributed by atoms with Crippen LogP contribution in [0.1, 0.15) is 10.6 Å². The van der Waals surface area contributed by atoms with Crippen molar-refractivity contribution >= 4 is 6.29 Å². The monoisotopic (exact) mass is 282 g/mol. The molecule has 0 saturated heterocycles. The third-order valence-corrected chi connectivity index (χ3v) is 2.50. The molecule has 0 radical (unpaired) electrons. The summed E-state index contributed by atoms with van der Waals surface area (Å²) in [5.41, 5.74) is 0. The number of phenolic OH excluding ortho intramolecular Hbond substituents is 1. The van der Waals surface area contributed by atoms with E-state index >= 15 is 0 Å². The highest BCUT2D eigenvalue weighted by Gasteiger charge is 2.00. The van der Waals surface area contributed by atoms with Gasteiger partial charge in [-0.05, 0) is 36.4 Å². The number of phenols is 1. The third kappa shape index (κ3) is 4.54. The van der Waals surface area contributed by atoms with Gasteiger partial charge in [0.05, 0.1) is 6.26 Å². The molecule has 0 fully saturated rings. The molecular weight excluding hydrogens is 268 g/mol. The van der Waals surface area contributed by atoms with Gasteiger partial charge in [-0.3, -0.25) is 4.79 Å². The lowest BCUT2D eigenvalue weighted by Crippen LogP contribution is -1.83. The summed E-state index contributed by atoms with van der Waals surface area (Å²) < 4.78 is 10.1. The van der Waals surface area contributed by atoms with Gasteiger partial charge in [0, 0.05) is 0 Å². The standard InChI is InChI=1S/C12H10O2.C5H4O2/c13-11-8-4-5-9-12(11)14-10-6-2-1-3-7-10;6-4-5-2-1-3-7-5/h1-9,13H;1-4H. The summed E-state index contributed by atoms with van der Waals surface area (Å²) in [7, 11) is 0. The van der Waals surface area contributed by atoms with E-state index in [1.165, 1.54) is 6.26 Å². The molecule has 3 aromatic rings. The van der Waals surface area contributed by atoms with E-state index in [1.54, 1.807) is 30.3 Å². The fourth-order valence-corrected chi connectivity index (χ4v) is 1.52. The Morgan fingerprint density at radius 2 is 1.62 bits per heavy atom. The van der Waals surface area contributed by atoms with Crippen molar-refractivity contribution in [3.63, 3.8) is 0 Å².